The van der Waals surface area contributed by atoms with Crippen molar-refractivity contribution in [3.63, 3.8) is 0 Å². The number of carbonyl (C=O) groups excluding carboxylic acids is 2. The van der Waals surface area contributed by atoms with Gasteiger partial charge in [0.2, 0.25) is 5.76 Å². The van der Waals surface area contributed by atoms with Gasteiger partial charge in [0.05, 0.1) is 6.61 Å². The maximum Gasteiger partial charge on any atom is 0.374 e. The molecule has 2 unspecified atom stereocenters. The fourth-order valence-corrected chi connectivity index (χ4v) is 4.38. The van der Waals surface area contributed by atoms with Crippen molar-refractivity contribution in [2.75, 3.05) is 26.4 Å². The van der Waals surface area contributed by atoms with Gasteiger partial charge in [0, 0.05) is 12.1 Å². The molecule has 0 bridgehead atoms. The van der Waals surface area contributed by atoms with E-state index in [4.69, 9.17) is 39.2 Å². The fraction of sp³-hybridized carbons (Fsp3) is 0.355. The summed E-state index contributed by atoms with van der Waals surface area (Å²) >= 11 is 0. The number of rotatable bonds is 14. The van der Waals surface area contributed by atoms with Crippen LogP contribution in [0.15, 0.2) is 67.0 Å². The average Bonchev–Trinajstić information content (AvgIpc) is 2.98. The first-order valence-electron chi connectivity index (χ1n) is 13.9. The molecule has 2 heterocycles. The first kappa shape index (κ1) is 31.3. The third-order valence-electron chi connectivity index (χ3n) is 6.44. The van der Waals surface area contributed by atoms with E-state index in [9.17, 15) is 19.2 Å². The molecule has 0 saturated carbocycles. The third-order valence-corrected chi connectivity index (χ3v) is 6.44. The molecule has 0 aliphatic rings. The predicted octanol–water partition coefficient (Wildman–Crippen LogP) is 3.21. The molecule has 0 amide bonds. The summed E-state index contributed by atoms with van der Waals surface area (Å²) in [6, 6.07) is 11.1. The lowest BCUT2D eigenvalue weighted by Gasteiger charge is -2.21. The molecule has 43 heavy (non-hydrogen) atoms. The summed E-state index contributed by atoms with van der Waals surface area (Å²) in [6.45, 7) is 3.46. The summed E-state index contributed by atoms with van der Waals surface area (Å²) in [5.74, 6) is -0.855. The zero-order valence-electron chi connectivity index (χ0n) is 24.0. The Kier molecular flexibility index (Phi) is 10.5. The molecule has 228 valence electrons. The highest BCUT2D eigenvalue weighted by Gasteiger charge is 2.23. The van der Waals surface area contributed by atoms with Gasteiger partial charge in [-0.2, -0.15) is 0 Å². The van der Waals surface area contributed by atoms with E-state index in [0.29, 0.717) is 37.2 Å². The van der Waals surface area contributed by atoms with Crippen LogP contribution in [-0.2, 0) is 14.3 Å². The fourth-order valence-electron chi connectivity index (χ4n) is 4.38. The number of nitrogens with two attached hydrogens (primary N) is 2. The molecule has 0 aliphatic heterocycles. The molecule has 4 rings (SSSR count). The Morgan fingerprint density at radius 2 is 1.49 bits per heavy atom. The molecular weight excluding hydrogens is 560 g/mol. The van der Waals surface area contributed by atoms with Crippen molar-refractivity contribution < 1.29 is 37.4 Å². The van der Waals surface area contributed by atoms with E-state index in [0.717, 1.165) is 6.07 Å². The summed E-state index contributed by atoms with van der Waals surface area (Å²) in [4.78, 5) is 50.6. The number of hydrogen-bond donors (Lipinski definition) is 2. The van der Waals surface area contributed by atoms with E-state index in [1.54, 1.807) is 44.2 Å². The average molecular weight is 595 g/mol. The van der Waals surface area contributed by atoms with Crippen molar-refractivity contribution >= 4 is 33.9 Å². The van der Waals surface area contributed by atoms with Crippen molar-refractivity contribution in [1.82, 2.24) is 0 Å². The molecule has 2 atom stereocenters. The Balaban J connectivity index is 1.57. The highest BCUT2D eigenvalue weighted by Crippen LogP contribution is 2.26. The molecule has 12 heteroatoms. The molecule has 0 saturated heterocycles. The van der Waals surface area contributed by atoms with Gasteiger partial charge in [0.25, 0.3) is 0 Å². The zero-order chi connectivity index (χ0) is 30.9. The smallest absolute Gasteiger partial charge is 0.374 e. The van der Waals surface area contributed by atoms with Crippen molar-refractivity contribution in [1.29, 1.82) is 0 Å². The number of hydrogen-bond acceptors (Lipinski definition) is 12. The molecule has 4 N–H and O–H groups in total. The minimum absolute atomic E-state index is 0.0852. The van der Waals surface area contributed by atoms with Crippen LogP contribution in [0.2, 0.25) is 0 Å². The van der Waals surface area contributed by atoms with Crippen molar-refractivity contribution in [2.24, 2.45) is 11.5 Å². The van der Waals surface area contributed by atoms with Crippen LogP contribution in [0.1, 0.15) is 42.5 Å². The van der Waals surface area contributed by atoms with Gasteiger partial charge in [-0.15, -0.1) is 0 Å². The SMILES string of the molecule is CCOC(=O)c1cc(=O)c2c(OCC(COc3cccc4oc(C)cc(=O)c34)OC(=O)C(N)CCCCN)cccc2o1. The topological polar surface area (TPSA) is 184 Å². The van der Waals surface area contributed by atoms with E-state index in [2.05, 4.69) is 0 Å². The number of aryl methyl sites for hydroxylation is 1. The summed E-state index contributed by atoms with van der Waals surface area (Å²) < 4.78 is 33.7. The monoisotopic (exact) mass is 594 g/mol. The standard InChI is InChI=1S/C31H34N2O10/c1-3-38-31(37)27-15-22(35)29-24(10-7-12-26(29)43-27)40-17-19(42-30(36)20(33)8-4-5-13-32)16-39-23-9-6-11-25-28(23)21(34)14-18(2)41-25/h6-7,9-12,14-15,19-20H,3-5,8,13,16-17,32-33H2,1-2H3. The summed E-state index contributed by atoms with van der Waals surface area (Å²) in [5.41, 5.74) is 11.2. The zero-order valence-corrected chi connectivity index (χ0v) is 24.0. The Morgan fingerprint density at radius 1 is 0.884 bits per heavy atom. The molecule has 0 aliphatic carbocycles. The van der Waals surface area contributed by atoms with Gasteiger partial charge in [0.1, 0.15) is 58.5 Å². The van der Waals surface area contributed by atoms with Gasteiger partial charge in [-0.1, -0.05) is 18.6 Å². The Hall–Kier alpha value is -4.68. The van der Waals surface area contributed by atoms with Crippen LogP contribution in [0, 0.1) is 6.92 Å². The normalized spacial score (nSPS) is 12.6. The number of fused-ring (bicyclic) bond motifs is 2. The number of esters is 2. The maximum absolute atomic E-state index is 12.9. The van der Waals surface area contributed by atoms with Crippen molar-refractivity contribution in [3.8, 4) is 11.5 Å². The number of unbranched alkanes of at least 4 members (excludes halogenated alkanes) is 1. The van der Waals surface area contributed by atoms with Crippen molar-refractivity contribution in [3.05, 3.63) is 80.5 Å². The Bertz CT molecular complexity index is 1710. The van der Waals surface area contributed by atoms with Crippen LogP contribution in [0.3, 0.4) is 0 Å². The maximum atomic E-state index is 12.9. The first-order valence-corrected chi connectivity index (χ1v) is 13.9. The summed E-state index contributed by atoms with van der Waals surface area (Å²) in [5, 5.41) is 0.323. The minimum atomic E-state index is -0.998. The summed E-state index contributed by atoms with van der Waals surface area (Å²) in [7, 11) is 0. The van der Waals surface area contributed by atoms with E-state index < -0.39 is 29.5 Å². The third kappa shape index (κ3) is 7.79. The molecular formula is C31H34N2O10. The molecule has 0 spiro atoms. The van der Waals surface area contributed by atoms with Gasteiger partial charge >= 0.3 is 11.9 Å². The predicted molar refractivity (Wildman–Crippen MR) is 157 cm³/mol. The van der Waals surface area contributed by atoms with Crippen LogP contribution >= 0.6 is 0 Å². The van der Waals surface area contributed by atoms with Gasteiger partial charge in [-0.3, -0.25) is 14.4 Å². The quantitative estimate of drug-likeness (QED) is 0.161. The summed E-state index contributed by atoms with van der Waals surface area (Å²) in [6.07, 6.45) is 0.736. The van der Waals surface area contributed by atoms with E-state index in [-0.39, 0.29) is 58.9 Å². The van der Waals surface area contributed by atoms with Crippen LogP contribution in [0.25, 0.3) is 21.9 Å². The second-order valence-electron chi connectivity index (χ2n) is 9.75. The molecule has 12 nitrogen and oxygen atoms in total. The molecule has 0 fully saturated rings. The van der Waals surface area contributed by atoms with E-state index in [1.165, 1.54) is 12.1 Å². The number of benzene rings is 2. The van der Waals surface area contributed by atoms with Crippen LogP contribution < -0.4 is 31.8 Å². The van der Waals surface area contributed by atoms with Crippen LogP contribution in [0.5, 0.6) is 11.5 Å². The lowest BCUT2D eigenvalue weighted by Crippen LogP contribution is -2.39. The van der Waals surface area contributed by atoms with Gasteiger partial charge in [-0.25, -0.2) is 4.79 Å². The highest BCUT2D eigenvalue weighted by atomic mass is 16.6. The second kappa shape index (κ2) is 14.5. The molecule has 0 radical (unpaired) electrons. The van der Waals surface area contributed by atoms with Crippen LogP contribution in [-0.4, -0.2) is 50.4 Å². The second-order valence-corrected chi connectivity index (χ2v) is 9.75. The van der Waals surface area contributed by atoms with Gasteiger partial charge < -0.3 is 39.2 Å². The van der Waals surface area contributed by atoms with Crippen LogP contribution in [0.4, 0.5) is 0 Å². The number of carbonyl (C=O) groups is 2. The van der Waals surface area contributed by atoms with Gasteiger partial charge in [-0.05, 0) is 57.5 Å². The van der Waals surface area contributed by atoms with Gasteiger partial charge in [0.15, 0.2) is 17.0 Å². The Morgan fingerprint density at radius 3 is 2.09 bits per heavy atom. The highest BCUT2D eigenvalue weighted by molar-refractivity contribution is 5.90. The van der Waals surface area contributed by atoms with Crippen molar-refractivity contribution in [2.45, 2.75) is 45.3 Å². The first-order chi connectivity index (χ1) is 20.7. The molecule has 2 aromatic carbocycles. The Labute approximate surface area is 246 Å². The lowest BCUT2D eigenvalue weighted by molar-refractivity contribution is -0.154. The largest absolute Gasteiger partial charge is 0.489 e. The molecule has 4 aromatic rings. The van der Waals surface area contributed by atoms with E-state index >= 15 is 0 Å². The number of ether oxygens (including phenoxy) is 4. The van der Waals surface area contributed by atoms with E-state index in [1.807, 2.05) is 0 Å². The molecule has 2 aromatic heterocycles. The lowest BCUT2D eigenvalue weighted by atomic mass is 10.1. The minimum Gasteiger partial charge on any atom is -0.489 e.